The van der Waals surface area contributed by atoms with Gasteiger partial charge in [0, 0.05) is 10.9 Å². The maximum atomic E-state index is 5.62. The van der Waals surface area contributed by atoms with E-state index >= 15 is 0 Å². The Morgan fingerprint density at radius 2 is 1.94 bits per heavy atom. The van der Waals surface area contributed by atoms with Gasteiger partial charge in [-0.2, -0.15) is 0 Å². The maximum absolute atomic E-state index is 5.62. The van der Waals surface area contributed by atoms with Crippen molar-refractivity contribution in [3.8, 4) is 12.3 Å². The Hall–Kier alpha value is -1.31. The van der Waals surface area contributed by atoms with Gasteiger partial charge < -0.3 is 0 Å². The lowest BCUT2D eigenvalue weighted by molar-refractivity contribution is 0.876. The van der Waals surface area contributed by atoms with Gasteiger partial charge in [0.25, 0.3) is 0 Å². The molecule has 0 saturated heterocycles. The molecule has 0 bridgehead atoms. The number of fused-ring (bicyclic) bond motifs is 1. The van der Waals surface area contributed by atoms with E-state index in [0.29, 0.717) is 5.92 Å². The summed E-state index contributed by atoms with van der Waals surface area (Å²) in [5.41, 5.74) is 2.33. The van der Waals surface area contributed by atoms with E-state index in [1.54, 1.807) is 0 Å². The lowest BCUT2D eigenvalue weighted by Gasteiger charge is -2.13. The Morgan fingerprint density at radius 1 is 1.19 bits per heavy atom. The first-order valence-corrected chi connectivity index (χ1v) is 6.00. The molecular weight excluding hydrogens is 211 g/mol. The second kappa shape index (κ2) is 4.28. The molecular formula is C15H15P. The van der Waals surface area contributed by atoms with Gasteiger partial charge in [0.15, 0.2) is 0 Å². The first-order valence-electron chi connectivity index (χ1n) is 5.43. The van der Waals surface area contributed by atoms with Gasteiger partial charge in [0.1, 0.15) is 0 Å². The third-order valence-corrected chi connectivity index (χ3v) is 3.36. The van der Waals surface area contributed by atoms with Gasteiger partial charge in [-0.25, -0.2) is 0 Å². The van der Waals surface area contributed by atoms with Crippen LogP contribution in [-0.4, -0.2) is 0 Å². The van der Waals surface area contributed by atoms with E-state index in [1.807, 2.05) is 0 Å². The second-order valence-electron chi connectivity index (χ2n) is 4.27. The van der Waals surface area contributed by atoms with E-state index in [-0.39, 0.29) is 0 Å². The van der Waals surface area contributed by atoms with Crippen LogP contribution in [0.15, 0.2) is 30.3 Å². The van der Waals surface area contributed by atoms with E-state index in [0.717, 1.165) is 10.9 Å². The SMILES string of the molecule is C#Cc1c(P)ccc2cccc(C(C)C)c12. The van der Waals surface area contributed by atoms with Crippen LogP contribution >= 0.6 is 9.24 Å². The molecule has 0 saturated carbocycles. The zero-order valence-corrected chi connectivity index (χ0v) is 10.8. The highest BCUT2D eigenvalue weighted by molar-refractivity contribution is 7.27. The highest BCUT2D eigenvalue weighted by Gasteiger charge is 2.09. The maximum Gasteiger partial charge on any atom is 0.0395 e. The van der Waals surface area contributed by atoms with Crippen molar-refractivity contribution in [2.75, 3.05) is 0 Å². The molecule has 1 heteroatoms. The van der Waals surface area contributed by atoms with Gasteiger partial charge in [0.2, 0.25) is 0 Å². The molecule has 2 aromatic carbocycles. The fourth-order valence-corrected chi connectivity index (χ4v) is 2.38. The number of hydrogen-bond acceptors (Lipinski definition) is 0. The zero-order chi connectivity index (χ0) is 11.7. The molecule has 0 nitrogen and oxygen atoms in total. The smallest absolute Gasteiger partial charge is 0.0395 e. The van der Waals surface area contributed by atoms with Crippen LogP contribution in [0.2, 0.25) is 0 Å². The van der Waals surface area contributed by atoms with Crippen LogP contribution in [-0.2, 0) is 0 Å². The van der Waals surface area contributed by atoms with Crippen molar-refractivity contribution < 1.29 is 0 Å². The molecule has 0 radical (unpaired) electrons. The zero-order valence-electron chi connectivity index (χ0n) is 9.62. The Kier molecular flexibility index (Phi) is 2.99. The number of hydrogen-bond donors (Lipinski definition) is 0. The lowest BCUT2D eigenvalue weighted by atomic mass is 9.93. The van der Waals surface area contributed by atoms with Gasteiger partial charge in [-0.15, -0.1) is 15.7 Å². The Balaban J connectivity index is 2.94. The summed E-state index contributed by atoms with van der Waals surface area (Å²) in [5.74, 6) is 3.30. The standard InChI is InChI=1S/C15H15P/c1-4-12-14(16)9-8-11-6-5-7-13(10(2)3)15(11)12/h1,5-10H,16H2,2-3H3. The van der Waals surface area contributed by atoms with Crippen molar-refractivity contribution in [3.05, 3.63) is 41.5 Å². The van der Waals surface area contributed by atoms with Crippen molar-refractivity contribution in [1.29, 1.82) is 0 Å². The monoisotopic (exact) mass is 226 g/mol. The third-order valence-electron chi connectivity index (χ3n) is 2.88. The molecule has 1 atom stereocenters. The molecule has 2 aromatic rings. The highest BCUT2D eigenvalue weighted by atomic mass is 31.0. The van der Waals surface area contributed by atoms with E-state index in [1.165, 1.54) is 16.3 Å². The fourth-order valence-electron chi connectivity index (χ4n) is 2.06. The summed E-state index contributed by atoms with van der Waals surface area (Å²) >= 11 is 0. The molecule has 0 aliphatic heterocycles. The summed E-state index contributed by atoms with van der Waals surface area (Å²) in [6.45, 7) is 4.40. The summed E-state index contributed by atoms with van der Waals surface area (Å²) < 4.78 is 0. The number of rotatable bonds is 1. The predicted octanol–water partition coefficient (Wildman–Crippen LogP) is 3.44. The average Bonchev–Trinajstić information content (AvgIpc) is 2.28. The number of benzene rings is 2. The van der Waals surface area contributed by atoms with E-state index in [9.17, 15) is 0 Å². The summed E-state index contributed by atoms with van der Waals surface area (Å²) in [6, 6.07) is 10.6. The molecule has 2 rings (SSSR count). The summed E-state index contributed by atoms with van der Waals surface area (Å²) in [7, 11) is 2.72. The van der Waals surface area contributed by atoms with Gasteiger partial charge in [-0.3, -0.25) is 0 Å². The molecule has 1 unspecified atom stereocenters. The molecule has 0 amide bonds. The fraction of sp³-hybridized carbons (Fsp3) is 0.200. The topological polar surface area (TPSA) is 0 Å². The Morgan fingerprint density at radius 3 is 2.56 bits per heavy atom. The highest BCUT2D eigenvalue weighted by Crippen LogP contribution is 2.27. The molecule has 80 valence electrons. The predicted molar refractivity (Wildman–Crippen MR) is 75.3 cm³/mol. The van der Waals surface area contributed by atoms with Gasteiger partial charge in [0.05, 0.1) is 0 Å². The van der Waals surface area contributed by atoms with Gasteiger partial charge >= 0.3 is 0 Å². The molecule has 0 spiro atoms. The summed E-state index contributed by atoms with van der Waals surface area (Å²) in [4.78, 5) is 0. The normalized spacial score (nSPS) is 10.7. The largest absolute Gasteiger partial charge is 0.115 e. The van der Waals surface area contributed by atoms with E-state index in [2.05, 4.69) is 59.3 Å². The van der Waals surface area contributed by atoms with Gasteiger partial charge in [-0.1, -0.05) is 50.1 Å². The minimum atomic E-state index is 0.489. The van der Waals surface area contributed by atoms with Crippen molar-refractivity contribution in [1.82, 2.24) is 0 Å². The molecule has 16 heavy (non-hydrogen) atoms. The molecule has 0 N–H and O–H groups in total. The van der Waals surface area contributed by atoms with Crippen molar-refractivity contribution in [2.45, 2.75) is 19.8 Å². The molecule has 0 aromatic heterocycles. The lowest BCUT2D eigenvalue weighted by Crippen LogP contribution is -2.01. The Bertz CT molecular complexity index is 574. The molecule has 0 heterocycles. The Labute approximate surface area is 99.3 Å². The van der Waals surface area contributed by atoms with E-state index < -0.39 is 0 Å². The van der Waals surface area contributed by atoms with Crippen molar-refractivity contribution in [2.24, 2.45) is 0 Å². The van der Waals surface area contributed by atoms with Crippen molar-refractivity contribution >= 4 is 25.3 Å². The summed E-state index contributed by atoms with van der Waals surface area (Å²) in [5, 5.41) is 3.56. The van der Waals surface area contributed by atoms with Crippen LogP contribution in [0.1, 0.15) is 30.9 Å². The van der Waals surface area contributed by atoms with Crippen LogP contribution in [0.4, 0.5) is 0 Å². The second-order valence-corrected chi connectivity index (χ2v) is 4.90. The first-order chi connectivity index (χ1) is 7.65. The van der Waals surface area contributed by atoms with Crippen LogP contribution in [0.3, 0.4) is 0 Å². The van der Waals surface area contributed by atoms with Crippen LogP contribution in [0, 0.1) is 12.3 Å². The minimum absolute atomic E-state index is 0.489. The van der Waals surface area contributed by atoms with Crippen LogP contribution < -0.4 is 5.30 Å². The molecule has 0 fully saturated rings. The van der Waals surface area contributed by atoms with Crippen LogP contribution in [0.5, 0.6) is 0 Å². The minimum Gasteiger partial charge on any atom is -0.115 e. The third kappa shape index (κ3) is 1.73. The molecule has 0 aliphatic carbocycles. The summed E-state index contributed by atoms with van der Waals surface area (Å²) in [6.07, 6.45) is 5.62. The van der Waals surface area contributed by atoms with Crippen molar-refractivity contribution in [3.63, 3.8) is 0 Å². The first kappa shape index (κ1) is 11.2. The van der Waals surface area contributed by atoms with E-state index in [4.69, 9.17) is 6.42 Å². The quantitative estimate of drug-likeness (QED) is 0.516. The number of terminal acetylenes is 1. The van der Waals surface area contributed by atoms with Gasteiger partial charge in [-0.05, 0) is 22.2 Å². The average molecular weight is 226 g/mol. The molecule has 0 aliphatic rings. The van der Waals surface area contributed by atoms with Crippen LogP contribution in [0.25, 0.3) is 10.8 Å².